The minimum Gasteiger partial charge on any atom is -0.349 e. The van der Waals surface area contributed by atoms with Gasteiger partial charge in [-0.05, 0) is 42.2 Å². The van der Waals surface area contributed by atoms with Crippen LogP contribution in [0.25, 0.3) is 0 Å². The Bertz CT molecular complexity index is 791. The number of aromatic nitrogens is 2. The average Bonchev–Trinajstić information content (AvgIpc) is 2.83. The van der Waals surface area contributed by atoms with Gasteiger partial charge >= 0.3 is 0 Å². The van der Waals surface area contributed by atoms with Crippen LogP contribution in [0.2, 0.25) is 5.02 Å². The molecule has 9 heteroatoms. The first kappa shape index (κ1) is 19.4. The van der Waals surface area contributed by atoms with E-state index < -0.39 is 0 Å². The van der Waals surface area contributed by atoms with Crippen molar-refractivity contribution in [2.45, 2.75) is 0 Å². The van der Waals surface area contributed by atoms with Crippen molar-refractivity contribution in [1.29, 1.82) is 0 Å². The molecule has 0 radical (unpaired) electrons. The molecule has 7 nitrogen and oxygen atoms in total. The average molecular weight is 429 g/mol. The molecule has 1 aromatic heterocycles. The quantitative estimate of drug-likeness (QED) is 0.740. The predicted octanol–water partition coefficient (Wildman–Crippen LogP) is 2.38. The summed E-state index contributed by atoms with van der Waals surface area (Å²) in [5.74, 6) is -0.320. The number of aryl methyl sites for hydroxylation is 1. The lowest BCUT2D eigenvalue weighted by Crippen LogP contribution is -2.31. The molecule has 0 fully saturated rings. The van der Waals surface area contributed by atoms with Gasteiger partial charge in [0.25, 0.3) is 11.8 Å². The van der Waals surface area contributed by atoms with Gasteiger partial charge in [0, 0.05) is 20.1 Å². The summed E-state index contributed by atoms with van der Waals surface area (Å²) in [5, 5.41) is 10.0. The molecule has 2 aromatic rings. The van der Waals surface area contributed by atoms with Gasteiger partial charge in [0.05, 0.1) is 15.1 Å². The molecule has 25 heavy (non-hydrogen) atoms. The van der Waals surface area contributed by atoms with E-state index in [0.717, 1.165) is 0 Å². The third kappa shape index (κ3) is 4.81. The highest BCUT2D eigenvalue weighted by Crippen LogP contribution is 2.27. The lowest BCUT2D eigenvalue weighted by Gasteiger charge is -2.09. The Labute approximate surface area is 159 Å². The van der Waals surface area contributed by atoms with Crippen LogP contribution in [-0.2, 0) is 7.05 Å². The van der Waals surface area contributed by atoms with Crippen molar-refractivity contribution < 1.29 is 9.59 Å². The summed E-state index contributed by atoms with van der Waals surface area (Å²) in [4.78, 5) is 26.6. The molecule has 2 N–H and O–H groups in total. The maximum Gasteiger partial charge on any atom is 0.273 e. The third-order valence-corrected chi connectivity index (χ3v) is 4.48. The SMILES string of the molecule is CN(C)CCNC(=O)c1nn(C)c(NC(=O)c2ccccc2Cl)c1Br. The smallest absolute Gasteiger partial charge is 0.273 e. The third-order valence-electron chi connectivity index (χ3n) is 3.40. The minimum atomic E-state index is -0.381. The van der Waals surface area contributed by atoms with E-state index in [4.69, 9.17) is 11.6 Å². The minimum absolute atomic E-state index is 0.204. The molecule has 0 spiro atoms. The second-order valence-electron chi connectivity index (χ2n) is 5.63. The fraction of sp³-hybridized carbons (Fsp3) is 0.312. The number of likely N-dealkylation sites (N-methyl/N-ethyl adjacent to an activating group) is 1. The summed E-state index contributed by atoms with van der Waals surface area (Å²) in [7, 11) is 5.49. The molecule has 0 saturated carbocycles. The number of hydrogen-bond donors (Lipinski definition) is 2. The molecular formula is C16H19BrClN5O2. The van der Waals surface area contributed by atoms with Crippen molar-refractivity contribution in [3.63, 3.8) is 0 Å². The second-order valence-corrected chi connectivity index (χ2v) is 6.83. The van der Waals surface area contributed by atoms with Crippen LogP contribution in [0, 0.1) is 0 Å². The van der Waals surface area contributed by atoms with Gasteiger partial charge in [-0.3, -0.25) is 14.3 Å². The number of halogens is 2. The van der Waals surface area contributed by atoms with Crippen molar-refractivity contribution in [2.75, 3.05) is 32.5 Å². The van der Waals surface area contributed by atoms with Crippen molar-refractivity contribution in [3.8, 4) is 0 Å². The molecule has 0 aliphatic carbocycles. The number of anilines is 1. The van der Waals surface area contributed by atoms with Gasteiger partial charge in [-0.15, -0.1) is 0 Å². The molecule has 0 aliphatic rings. The number of benzene rings is 1. The molecule has 0 atom stereocenters. The molecular weight excluding hydrogens is 410 g/mol. The summed E-state index contributed by atoms with van der Waals surface area (Å²) in [6, 6.07) is 6.73. The Morgan fingerprint density at radius 1 is 1.28 bits per heavy atom. The molecule has 1 heterocycles. The Kier molecular flexibility index (Phi) is 6.57. The van der Waals surface area contributed by atoms with Gasteiger partial charge in [-0.25, -0.2) is 0 Å². The molecule has 2 rings (SSSR count). The first-order chi connectivity index (χ1) is 11.8. The first-order valence-corrected chi connectivity index (χ1v) is 8.69. The Morgan fingerprint density at radius 3 is 2.60 bits per heavy atom. The van der Waals surface area contributed by atoms with E-state index in [2.05, 4.69) is 31.7 Å². The van der Waals surface area contributed by atoms with E-state index in [1.54, 1.807) is 31.3 Å². The molecule has 134 valence electrons. The zero-order chi connectivity index (χ0) is 18.6. The summed E-state index contributed by atoms with van der Waals surface area (Å²) < 4.78 is 1.84. The van der Waals surface area contributed by atoms with Crippen LogP contribution in [0.3, 0.4) is 0 Å². The highest BCUT2D eigenvalue weighted by Gasteiger charge is 2.22. The van der Waals surface area contributed by atoms with E-state index in [1.165, 1.54) is 4.68 Å². The van der Waals surface area contributed by atoms with E-state index >= 15 is 0 Å². The zero-order valence-electron chi connectivity index (χ0n) is 14.1. The maximum atomic E-state index is 12.4. The number of nitrogens with one attached hydrogen (secondary N) is 2. The van der Waals surface area contributed by atoms with Crippen molar-refractivity contribution >= 4 is 45.2 Å². The fourth-order valence-corrected chi connectivity index (χ4v) is 2.91. The number of hydrogen-bond acceptors (Lipinski definition) is 4. The number of carbonyl (C=O) groups is 2. The summed E-state index contributed by atoms with van der Waals surface area (Å²) in [6.07, 6.45) is 0. The van der Waals surface area contributed by atoms with Crippen LogP contribution in [0.5, 0.6) is 0 Å². The van der Waals surface area contributed by atoms with Gasteiger partial charge in [-0.1, -0.05) is 23.7 Å². The van der Waals surface area contributed by atoms with Crippen LogP contribution < -0.4 is 10.6 Å². The van der Waals surface area contributed by atoms with E-state index in [-0.39, 0.29) is 17.5 Å². The number of amides is 2. The normalized spacial score (nSPS) is 10.8. The van der Waals surface area contributed by atoms with Crippen molar-refractivity contribution in [2.24, 2.45) is 7.05 Å². The van der Waals surface area contributed by atoms with Gasteiger partial charge in [0.1, 0.15) is 5.82 Å². The van der Waals surface area contributed by atoms with E-state index in [0.29, 0.717) is 34.0 Å². The van der Waals surface area contributed by atoms with Crippen LogP contribution in [-0.4, -0.2) is 53.7 Å². The van der Waals surface area contributed by atoms with Gasteiger partial charge in [0.15, 0.2) is 5.69 Å². The van der Waals surface area contributed by atoms with Gasteiger partial charge in [0.2, 0.25) is 0 Å². The number of nitrogens with zero attached hydrogens (tertiary/aromatic N) is 3. The molecule has 0 aliphatic heterocycles. The Balaban J connectivity index is 2.15. The summed E-state index contributed by atoms with van der Waals surface area (Å²) in [5.41, 5.74) is 0.546. The maximum absolute atomic E-state index is 12.4. The predicted molar refractivity (Wildman–Crippen MR) is 101 cm³/mol. The highest BCUT2D eigenvalue weighted by atomic mass is 79.9. The van der Waals surface area contributed by atoms with Gasteiger partial charge in [-0.2, -0.15) is 5.10 Å². The molecule has 1 aromatic carbocycles. The van der Waals surface area contributed by atoms with Crippen molar-refractivity contribution in [1.82, 2.24) is 20.0 Å². The van der Waals surface area contributed by atoms with Crippen molar-refractivity contribution in [3.05, 3.63) is 45.0 Å². The Hall–Kier alpha value is -1.90. The van der Waals surface area contributed by atoms with E-state index in [1.807, 2.05) is 19.0 Å². The first-order valence-electron chi connectivity index (χ1n) is 7.52. The topological polar surface area (TPSA) is 79.3 Å². The standard InChI is InChI=1S/C16H19BrClN5O2/c1-22(2)9-8-19-16(25)13-12(17)14(23(3)21-13)20-15(24)10-6-4-5-7-11(10)18/h4-7H,8-9H2,1-3H3,(H,19,25)(H,20,24). The van der Waals surface area contributed by atoms with Crippen LogP contribution in [0.15, 0.2) is 28.7 Å². The molecule has 0 saturated heterocycles. The van der Waals surface area contributed by atoms with Crippen LogP contribution in [0.1, 0.15) is 20.8 Å². The molecule has 2 amide bonds. The molecule has 0 bridgehead atoms. The fourth-order valence-electron chi connectivity index (χ4n) is 2.08. The largest absolute Gasteiger partial charge is 0.349 e. The van der Waals surface area contributed by atoms with Crippen LogP contribution >= 0.6 is 27.5 Å². The number of rotatable bonds is 6. The lowest BCUT2D eigenvalue weighted by atomic mass is 10.2. The van der Waals surface area contributed by atoms with Gasteiger partial charge < -0.3 is 15.5 Å². The zero-order valence-corrected chi connectivity index (χ0v) is 16.5. The summed E-state index contributed by atoms with van der Waals surface area (Å²) >= 11 is 9.38. The lowest BCUT2D eigenvalue weighted by molar-refractivity contribution is 0.0943. The van der Waals surface area contributed by atoms with Crippen LogP contribution in [0.4, 0.5) is 5.82 Å². The molecule has 0 unspecified atom stereocenters. The second kappa shape index (κ2) is 8.46. The monoisotopic (exact) mass is 427 g/mol. The highest BCUT2D eigenvalue weighted by molar-refractivity contribution is 9.10. The number of carbonyl (C=O) groups excluding carboxylic acids is 2. The summed E-state index contributed by atoms with van der Waals surface area (Å²) in [6.45, 7) is 1.21. The van der Waals surface area contributed by atoms with E-state index in [9.17, 15) is 9.59 Å². The Morgan fingerprint density at radius 2 is 1.96 bits per heavy atom.